The lowest BCUT2D eigenvalue weighted by molar-refractivity contribution is -0.115. The van der Waals surface area contributed by atoms with Crippen LogP contribution in [0.3, 0.4) is 0 Å². The Kier molecular flexibility index (Phi) is 3.75. The molecule has 1 saturated heterocycles. The first-order valence-electron chi connectivity index (χ1n) is 5.99. The Bertz CT molecular complexity index is 623. The van der Waals surface area contributed by atoms with Gasteiger partial charge in [0, 0.05) is 12.0 Å². The Labute approximate surface area is 125 Å². The summed E-state index contributed by atoms with van der Waals surface area (Å²) >= 11 is 6.30. The van der Waals surface area contributed by atoms with Crippen molar-refractivity contribution in [3.8, 4) is 0 Å². The van der Waals surface area contributed by atoms with Gasteiger partial charge in [-0.2, -0.15) is 0 Å². The van der Waals surface area contributed by atoms with Crippen molar-refractivity contribution in [2.75, 3.05) is 6.79 Å². The number of amides is 1. The topological polar surface area (TPSA) is 47.6 Å². The molecule has 0 aliphatic carbocycles. The number of ether oxygens (including phenoxy) is 2. The first kappa shape index (κ1) is 13.2. The van der Waals surface area contributed by atoms with Crippen LogP contribution in [0.1, 0.15) is 5.56 Å². The molecule has 1 N–H and O–H groups in total. The maximum absolute atomic E-state index is 12.0. The second-order valence-corrected chi connectivity index (χ2v) is 5.91. The van der Waals surface area contributed by atoms with E-state index in [4.69, 9.17) is 21.7 Å². The Morgan fingerprint density at radius 3 is 2.75 bits per heavy atom. The summed E-state index contributed by atoms with van der Waals surface area (Å²) in [4.78, 5) is 12.6. The molecule has 0 atom stereocenters. The smallest absolute Gasteiger partial charge is 0.263 e. The third-order valence-corrected chi connectivity index (χ3v) is 4.16. The second-order valence-electron chi connectivity index (χ2n) is 4.22. The second kappa shape index (κ2) is 5.68. The van der Waals surface area contributed by atoms with Gasteiger partial charge >= 0.3 is 0 Å². The maximum atomic E-state index is 12.0. The number of rotatable bonds is 3. The van der Waals surface area contributed by atoms with Crippen LogP contribution in [0.2, 0.25) is 0 Å². The van der Waals surface area contributed by atoms with E-state index in [2.05, 4.69) is 5.32 Å². The molecule has 1 aromatic carbocycles. The lowest BCUT2D eigenvalue weighted by atomic mass is 10.0. The Balaban J connectivity index is 1.98. The standard InChI is InChI=1S/C14H11NO3S2/c16-13-12(20-14(19)15-13)10(11-7-17-8-18-11)6-9-4-2-1-3-5-9/h1-5,7H,6,8H2,(H,15,16,19). The highest BCUT2D eigenvalue weighted by molar-refractivity contribution is 8.26. The minimum absolute atomic E-state index is 0.178. The van der Waals surface area contributed by atoms with Crippen LogP contribution in [0, 0.1) is 0 Å². The third kappa shape index (κ3) is 2.71. The average molecular weight is 305 g/mol. The number of allylic oxidation sites excluding steroid dienone is 1. The summed E-state index contributed by atoms with van der Waals surface area (Å²) in [5.74, 6) is 0.415. The molecule has 0 bridgehead atoms. The molecule has 6 heteroatoms. The fraction of sp³-hybridized carbons (Fsp3) is 0.143. The molecule has 0 saturated carbocycles. The highest BCUT2D eigenvalue weighted by Gasteiger charge is 2.29. The quantitative estimate of drug-likeness (QED) is 0.687. The maximum Gasteiger partial charge on any atom is 0.263 e. The van der Waals surface area contributed by atoms with Gasteiger partial charge in [0.05, 0.1) is 4.91 Å². The van der Waals surface area contributed by atoms with Crippen molar-refractivity contribution in [2.45, 2.75) is 6.42 Å². The first-order valence-corrected chi connectivity index (χ1v) is 7.21. The van der Waals surface area contributed by atoms with E-state index in [0.29, 0.717) is 21.4 Å². The van der Waals surface area contributed by atoms with Crippen molar-refractivity contribution < 1.29 is 14.3 Å². The van der Waals surface area contributed by atoms with Crippen LogP contribution >= 0.6 is 24.0 Å². The van der Waals surface area contributed by atoms with Gasteiger partial charge in [0.15, 0.2) is 5.76 Å². The van der Waals surface area contributed by atoms with Crippen LogP contribution in [-0.4, -0.2) is 17.0 Å². The number of carbonyl (C=O) groups is 1. The summed E-state index contributed by atoms with van der Waals surface area (Å²) in [7, 11) is 0. The fourth-order valence-electron chi connectivity index (χ4n) is 1.99. The SMILES string of the molecule is O=C1NC(=S)SC1=C(Cc1ccccc1)C1=COCO1. The summed E-state index contributed by atoms with van der Waals surface area (Å²) in [6.07, 6.45) is 2.13. The van der Waals surface area contributed by atoms with E-state index < -0.39 is 0 Å². The lowest BCUT2D eigenvalue weighted by Gasteiger charge is -2.09. The summed E-state index contributed by atoms with van der Waals surface area (Å²) in [6, 6.07) is 9.89. The van der Waals surface area contributed by atoms with E-state index in [1.54, 1.807) is 6.26 Å². The minimum Gasteiger partial charge on any atom is -0.461 e. The minimum atomic E-state index is -0.178. The third-order valence-electron chi connectivity index (χ3n) is 2.88. The zero-order chi connectivity index (χ0) is 13.9. The molecule has 0 spiro atoms. The number of hydrogen-bond donors (Lipinski definition) is 1. The van der Waals surface area contributed by atoms with Gasteiger partial charge < -0.3 is 14.8 Å². The van der Waals surface area contributed by atoms with Crippen LogP contribution in [0.5, 0.6) is 0 Å². The molecule has 4 nitrogen and oxygen atoms in total. The monoisotopic (exact) mass is 305 g/mol. The predicted octanol–water partition coefficient (Wildman–Crippen LogP) is 2.48. The van der Waals surface area contributed by atoms with Crippen LogP contribution < -0.4 is 5.32 Å². The Morgan fingerprint density at radius 1 is 1.35 bits per heavy atom. The van der Waals surface area contributed by atoms with Crippen molar-refractivity contribution in [3.63, 3.8) is 0 Å². The van der Waals surface area contributed by atoms with Gasteiger partial charge in [-0.25, -0.2) is 0 Å². The van der Waals surface area contributed by atoms with E-state index in [9.17, 15) is 4.79 Å². The van der Waals surface area contributed by atoms with Crippen molar-refractivity contribution >= 4 is 34.2 Å². The van der Waals surface area contributed by atoms with Crippen LogP contribution in [-0.2, 0) is 20.7 Å². The van der Waals surface area contributed by atoms with Crippen LogP contribution in [0.15, 0.2) is 52.8 Å². The van der Waals surface area contributed by atoms with E-state index in [1.165, 1.54) is 11.8 Å². The van der Waals surface area contributed by atoms with Gasteiger partial charge in [-0.3, -0.25) is 4.79 Å². The Hall–Kier alpha value is -1.79. The number of thiocarbonyl (C=S) groups is 1. The zero-order valence-electron chi connectivity index (χ0n) is 10.4. The van der Waals surface area contributed by atoms with Gasteiger partial charge in [0.25, 0.3) is 5.91 Å². The largest absolute Gasteiger partial charge is 0.461 e. The number of benzene rings is 1. The first-order chi connectivity index (χ1) is 9.74. The highest BCUT2D eigenvalue weighted by Crippen LogP contribution is 2.33. The highest BCUT2D eigenvalue weighted by atomic mass is 32.2. The van der Waals surface area contributed by atoms with Crippen molar-refractivity contribution in [2.24, 2.45) is 0 Å². The van der Waals surface area contributed by atoms with E-state index in [0.717, 1.165) is 11.1 Å². The van der Waals surface area contributed by atoms with Crippen molar-refractivity contribution in [3.05, 3.63) is 58.4 Å². The van der Waals surface area contributed by atoms with E-state index >= 15 is 0 Å². The number of nitrogens with one attached hydrogen (secondary N) is 1. The number of hydrogen-bond acceptors (Lipinski definition) is 5. The molecule has 2 aliphatic heterocycles. The summed E-state index contributed by atoms with van der Waals surface area (Å²) in [5, 5.41) is 2.63. The molecule has 1 aromatic rings. The summed E-state index contributed by atoms with van der Waals surface area (Å²) in [6.45, 7) is 0.178. The molecule has 2 heterocycles. The molecule has 0 radical (unpaired) electrons. The van der Waals surface area contributed by atoms with Gasteiger partial charge in [-0.15, -0.1) is 0 Å². The van der Waals surface area contributed by atoms with E-state index in [-0.39, 0.29) is 12.7 Å². The molecule has 2 aliphatic rings. The molecule has 20 heavy (non-hydrogen) atoms. The molecule has 1 fully saturated rings. The Morgan fingerprint density at radius 2 is 2.15 bits per heavy atom. The molecular formula is C14H11NO3S2. The number of carbonyl (C=O) groups excluding carboxylic acids is 1. The normalized spacial score (nSPS) is 20.1. The molecule has 0 aromatic heterocycles. The molecular weight excluding hydrogens is 294 g/mol. The summed E-state index contributed by atoms with van der Waals surface area (Å²) < 4.78 is 11.0. The predicted molar refractivity (Wildman–Crippen MR) is 80.6 cm³/mol. The van der Waals surface area contributed by atoms with Crippen LogP contribution in [0.4, 0.5) is 0 Å². The van der Waals surface area contributed by atoms with Crippen molar-refractivity contribution in [1.29, 1.82) is 0 Å². The fourth-order valence-corrected chi connectivity index (χ4v) is 3.10. The van der Waals surface area contributed by atoms with Crippen LogP contribution in [0.25, 0.3) is 0 Å². The molecule has 3 rings (SSSR count). The molecule has 102 valence electrons. The van der Waals surface area contributed by atoms with Gasteiger partial charge in [0.2, 0.25) is 6.79 Å². The molecule has 0 unspecified atom stereocenters. The molecule has 1 amide bonds. The van der Waals surface area contributed by atoms with Crippen molar-refractivity contribution in [1.82, 2.24) is 5.32 Å². The van der Waals surface area contributed by atoms with Gasteiger partial charge in [-0.1, -0.05) is 54.3 Å². The van der Waals surface area contributed by atoms with E-state index in [1.807, 2.05) is 30.3 Å². The average Bonchev–Trinajstić information content (AvgIpc) is 3.07. The lowest BCUT2D eigenvalue weighted by Crippen LogP contribution is -2.18. The van der Waals surface area contributed by atoms with Gasteiger partial charge in [-0.05, 0) is 5.56 Å². The summed E-state index contributed by atoms with van der Waals surface area (Å²) in [5.41, 5.74) is 1.90. The van der Waals surface area contributed by atoms with Gasteiger partial charge in [0.1, 0.15) is 10.6 Å². The zero-order valence-corrected chi connectivity index (χ0v) is 12.1. The number of thioether (sulfide) groups is 1.